The molecule has 2 unspecified atom stereocenters. The van der Waals surface area contributed by atoms with Gasteiger partial charge in [-0.05, 0) is 34.6 Å². The Labute approximate surface area is 254 Å². The first-order valence-corrected chi connectivity index (χ1v) is 13.2. The number of esters is 6. The molecule has 0 aliphatic heterocycles. The van der Waals surface area contributed by atoms with Crippen LogP contribution in [0.5, 0.6) is 0 Å². The zero-order valence-electron chi connectivity index (χ0n) is 26.2. The maximum atomic E-state index is 13.2. The fourth-order valence-electron chi connectivity index (χ4n) is 2.53. The summed E-state index contributed by atoms with van der Waals surface area (Å²) in [7, 11) is 2.24. The van der Waals surface area contributed by atoms with Crippen molar-refractivity contribution in [2.75, 3.05) is 40.6 Å². The first-order chi connectivity index (χ1) is 20.3. The summed E-state index contributed by atoms with van der Waals surface area (Å²) in [5.41, 5.74) is -1.71. The van der Waals surface area contributed by atoms with Crippen molar-refractivity contribution in [3.8, 4) is 0 Å². The van der Waals surface area contributed by atoms with Gasteiger partial charge in [-0.15, -0.1) is 0 Å². The Morgan fingerprint density at radius 3 is 1.68 bits per heavy atom. The Balaban J connectivity index is -0.000000580. The van der Waals surface area contributed by atoms with Crippen molar-refractivity contribution in [3.05, 3.63) is 24.3 Å². The summed E-state index contributed by atoms with van der Waals surface area (Å²) in [5.74, 6) is -11.1. The Morgan fingerprint density at radius 1 is 0.773 bits per heavy atom. The molecule has 0 aromatic carbocycles. The van der Waals surface area contributed by atoms with Gasteiger partial charge in [-0.25, -0.2) is 24.0 Å². The summed E-state index contributed by atoms with van der Waals surface area (Å²) in [6.07, 6.45) is 0.534. The van der Waals surface area contributed by atoms with Crippen LogP contribution in [0, 0.1) is 5.92 Å². The first-order valence-electron chi connectivity index (χ1n) is 13.2. The van der Waals surface area contributed by atoms with E-state index in [4.69, 9.17) is 0 Å². The lowest BCUT2D eigenvalue weighted by Gasteiger charge is -2.21. The Kier molecular flexibility index (Phi) is 23.4. The molecule has 0 fully saturated rings. The molecule has 0 spiro atoms. The molecule has 44 heavy (non-hydrogen) atoms. The van der Waals surface area contributed by atoms with Crippen molar-refractivity contribution in [2.24, 2.45) is 5.92 Å². The molecule has 2 atom stereocenters. The van der Waals surface area contributed by atoms with Crippen molar-refractivity contribution < 1.29 is 75.9 Å². The summed E-state index contributed by atoms with van der Waals surface area (Å²) >= 11 is 0. The zero-order chi connectivity index (χ0) is 35.1. The lowest BCUT2D eigenvalue weighted by molar-refractivity contribution is -0.175. The maximum absolute atomic E-state index is 13.2. The molecular weight excluding hydrogens is 598 g/mol. The van der Waals surface area contributed by atoms with Gasteiger partial charge in [0.05, 0.1) is 46.6 Å². The van der Waals surface area contributed by atoms with E-state index < -0.39 is 65.5 Å². The number of ether oxygens (including phenoxy) is 6. The average Bonchev–Trinajstić information content (AvgIpc) is 2.95. The Bertz CT molecular complexity index is 1020. The van der Waals surface area contributed by atoms with Crippen molar-refractivity contribution in [1.29, 1.82) is 0 Å². The standard InChI is InChI=1S/C11H18O5.C10H16F2O4.C7H8O5/c1-5-15-9(12)8(3)7-11(4,14)10(13)16-6-2;1-4-15-8(13)7(3)6-10(11,12)9(14)16-5-2;1-11-6(9)4-3-5(8)7(10)12-2/h14H,3,5-7H2,1-2,4H3;7H,4-6H2,1-3H3;3-4H,1-2H3/b;;4-3+. The maximum Gasteiger partial charge on any atom is 0.378 e. The fourth-order valence-corrected chi connectivity index (χ4v) is 2.53. The summed E-state index contributed by atoms with van der Waals surface area (Å²) in [6.45, 7) is 12.7. The molecule has 0 aliphatic carbocycles. The van der Waals surface area contributed by atoms with Crippen LogP contribution in [0.4, 0.5) is 8.78 Å². The van der Waals surface area contributed by atoms with Crippen molar-refractivity contribution in [1.82, 2.24) is 0 Å². The van der Waals surface area contributed by atoms with Gasteiger partial charge in [-0.3, -0.25) is 9.59 Å². The third-order valence-corrected chi connectivity index (χ3v) is 4.62. The molecule has 14 nitrogen and oxygen atoms in total. The number of halogens is 2. The molecule has 1 N–H and O–H groups in total. The van der Waals surface area contributed by atoms with E-state index in [1.165, 1.54) is 20.8 Å². The summed E-state index contributed by atoms with van der Waals surface area (Å²) < 4.78 is 52.7. The molecular formula is C28H42F2O14. The minimum atomic E-state index is -3.65. The van der Waals surface area contributed by atoms with Gasteiger partial charge >= 0.3 is 41.7 Å². The third-order valence-electron chi connectivity index (χ3n) is 4.62. The molecule has 252 valence electrons. The number of alkyl halides is 2. The fraction of sp³-hybridized carbons (Fsp3) is 0.607. The van der Waals surface area contributed by atoms with Gasteiger partial charge in [0.1, 0.15) is 0 Å². The van der Waals surface area contributed by atoms with Crippen LogP contribution in [0.25, 0.3) is 0 Å². The molecule has 0 rings (SSSR count). The van der Waals surface area contributed by atoms with Gasteiger partial charge in [0.2, 0.25) is 0 Å². The zero-order valence-corrected chi connectivity index (χ0v) is 26.2. The van der Waals surface area contributed by atoms with E-state index in [1.807, 2.05) is 0 Å². The molecule has 16 heteroatoms. The van der Waals surface area contributed by atoms with Crippen molar-refractivity contribution >= 4 is 41.6 Å². The van der Waals surface area contributed by atoms with E-state index in [-0.39, 0.29) is 38.4 Å². The molecule has 0 bridgehead atoms. The predicted octanol–water partition coefficient (Wildman–Crippen LogP) is 2.04. The average molecular weight is 641 g/mol. The second-order valence-corrected chi connectivity index (χ2v) is 8.49. The van der Waals surface area contributed by atoms with Gasteiger partial charge < -0.3 is 33.5 Å². The molecule has 0 saturated heterocycles. The number of ketones is 1. The monoisotopic (exact) mass is 640 g/mol. The van der Waals surface area contributed by atoms with Crippen LogP contribution in [0.2, 0.25) is 0 Å². The molecule has 0 saturated carbocycles. The minimum absolute atomic E-state index is 0.0416. The van der Waals surface area contributed by atoms with Crippen LogP contribution in [0.3, 0.4) is 0 Å². The summed E-state index contributed by atoms with van der Waals surface area (Å²) in [4.78, 5) is 76.0. The summed E-state index contributed by atoms with van der Waals surface area (Å²) in [5, 5.41) is 9.76. The number of methoxy groups -OCH3 is 2. The van der Waals surface area contributed by atoms with Gasteiger partial charge in [0, 0.05) is 30.6 Å². The van der Waals surface area contributed by atoms with Crippen LogP contribution >= 0.6 is 0 Å². The van der Waals surface area contributed by atoms with E-state index in [2.05, 4.69) is 35.0 Å². The molecule has 0 heterocycles. The first kappa shape index (κ1) is 44.2. The highest BCUT2D eigenvalue weighted by Crippen LogP contribution is 2.25. The van der Waals surface area contributed by atoms with E-state index in [0.717, 1.165) is 26.4 Å². The van der Waals surface area contributed by atoms with E-state index >= 15 is 0 Å². The van der Waals surface area contributed by atoms with Crippen molar-refractivity contribution in [3.63, 3.8) is 0 Å². The Morgan fingerprint density at radius 2 is 1.25 bits per heavy atom. The Hall–Kier alpha value is -4.21. The second kappa shape index (κ2) is 23.3. The van der Waals surface area contributed by atoms with Crippen molar-refractivity contribution in [2.45, 2.75) is 65.9 Å². The lowest BCUT2D eigenvalue weighted by Crippen LogP contribution is -2.38. The minimum Gasteiger partial charge on any atom is -0.466 e. The van der Waals surface area contributed by atoms with E-state index in [0.29, 0.717) is 0 Å². The molecule has 0 aliphatic rings. The quantitative estimate of drug-likeness (QED) is 0.118. The number of rotatable bonds is 15. The molecule has 0 aromatic rings. The van der Waals surface area contributed by atoms with Crippen LogP contribution in [-0.2, 0) is 62.0 Å². The normalized spacial score (nSPS) is 12.3. The SMILES string of the molecule is C=C(CC(C)(O)C(=O)OCC)C(=O)OCC.CCOC(=O)C(C)CC(F)(F)C(=O)OCC.COC(=O)/C=C/C(=O)C(=O)OC. The van der Waals surface area contributed by atoms with Crippen LogP contribution in [0.1, 0.15) is 54.4 Å². The lowest BCUT2D eigenvalue weighted by atomic mass is 9.97. The van der Waals surface area contributed by atoms with E-state index in [9.17, 15) is 47.4 Å². The molecule has 0 amide bonds. The second-order valence-electron chi connectivity index (χ2n) is 8.49. The van der Waals surface area contributed by atoms with Gasteiger partial charge in [0.25, 0.3) is 5.78 Å². The van der Waals surface area contributed by atoms with E-state index in [1.54, 1.807) is 20.8 Å². The highest BCUT2D eigenvalue weighted by molar-refractivity contribution is 6.38. The van der Waals surface area contributed by atoms with Crippen LogP contribution in [-0.4, -0.2) is 98.9 Å². The topological polar surface area (TPSA) is 195 Å². The van der Waals surface area contributed by atoms with Gasteiger partial charge in [-0.2, -0.15) is 8.78 Å². The van der Waals surface area contributed by atoms with Crippen LogP contribution in [0.15, 0.2) is 24.3 Å². The molecule has 0 radical (unpaired) electrons. The highest BCUT2D eigenvalue weighted by atomic mass is 19.3. The predicted molar refractivity (Wildman–Crippen MR) is 148 cm³/mol. The number of hydrogen-bond acceptors (Lipinski definition) is 14. The number of aliphatic hydroxyl groups is 1. The molecule has 0 aromatic heterocycles. The number of carbonyl (C=O) groups excluding carboxylic acids is 7. The largest absolute Gasteiger partial charge is 0.466 e. The smallest absolute Gasteiger partial charge is 0.378 e. The van der Waals surface area contributed by atoms with Gasteiger partial charge in [-0.1, -0.05) is 13.5 Å². The third kappa shape index (κ3) is 19.8. The number of carbonyl (C=O) groups is 7. The number of hydrogen-bond donors (Lipinski definition) is 1. The highest BCUT2D eigenvalue weighted by Gasteiger charge is 2.43. The van der Waals surface area contributed by atoms with Crippen LogP contribution < -0.4 is 0 Å². The van der Waals surface area contributed by atoms with Gasteiger partial charge in [0.15, 0.2) is 5.60 Å². The summed E-state index contributed by atoms with van der Waals surface area (Å²) in [6, 6.07) is 0.